The van der Waals surface area contributed by atoms with Gasteiger partial charge < -0.3 is 15.4 Å². The van der Waals surface area contributed by atoms with E-state index in [9.17, 15) is 9.59 Å². The Balaban J connectivity index is 1.75. The Morgan fingerprint density at radius 3 is 2.54 bits per heavy atom. The van der Waals surface area contributed by atoms with Crippen molar-refractivity contribution in [2.75, 3.05) is 6.54 Å². The summed E-state index contributed by atoms with van der Waals surface area (Å²) in [6.07, 6.45) is 0.420. The van der Waals surface area contributed by atoms with Gasteiger partial charge in [-0.1, -0.05) is 54.6 Å². The van der Waals surface area contributed by atoms with Crippen molar-refractivity contribution in [2.24, 2.45) is 5.73 Å². The van der Waals surface area contributed by atoms with Crippen molar-refractivity contribution in [1.29, 1.82) is 0 Å². The van der Waals surface area contributed by atoms with Crippen LogP contribution in [0, 0.1) is 0 Å². The Morgan fingerprint density at radius 1 is 1.08 bits per heavy atom. The van der Waals surface area contributed by atoms with Gasteiger partial charge >= 0.3 is 6.09 Å². The highest BCUT2D eigenvalue weighted by atomic mass is 16.6. The maximum absolute atomic E-state index is 12.5. The van der Waals surface area contributed by atoms with Crippen LogP contribution in [0.1, 0.15) is 29.2 Å². The first kappa shape index (κ1) is 16.1. The summed E-state index contributed by atoms with van der Waals surface area (Å²) in [6.45, 7) is 0.726. The SMILES string of the molecule is NC(=O)CC1c2ccccc2CCN1C(=O)OCc1ccccc1. The highest BCUT2D eigenvalue weighted by Crippen LogP contribution is 2.32. The Morgan fingerprint density at radius 2 is 1.79 bits per heavy atom. The van der Waals surface area contributed by atoms with Crippen molar-refractivity contribution >= 4 is 12.0 Å². The zero-order chi connectivity index (χ0) is 16.9. The number of ether oxygens (including phenoxy) is 1. The molecule has 124 valence electrons. The molecule has 5 heteroatoms. The van der Waals surface area contributed by atoms with Gasteiger partial charge in [-0.15, -0.1) is 0 Å². The van der Waals surface area contributed by atoms with Crippen LogP contribution in [0.15, 0.2) is 54.6 Å². The van der Waals surface area contributed by atoms with Gasteiger partial charge in [-0.2, -0.15) is 0 Å². The second-order valence-electron chi connectivity index (χ2n) is 5.87. The molecule has 2 aromatic rings. The molecule has 5 nitrogen and oxygen atoms in total. The summed E-state index contributed by atoms with van der Waals surface area (Å²) in [5.41, 5.74) is 8.44. The molecule has 0 spiro atoms. The maximum atomic E-state index is 12.5. The minimum Gasteiger partial charge on any atom is -0.445 e. The zero-order valence-corrected chi connectivity index (χ0v) is 13.4. The fraction of sp³-hybridized carbons (Fsp3) is 0.263. The molecule has 1 aliphatic heterocycles. The van der Waals surface area contributed by atoms with E-state index in [2.05, 4.69) is 0 Å². The molecule has 0 aromatic heterocycles. The Labute approximate surface area is 141 Å². The minimum atomic E-state index is -0.433. The van der Waals surface area contributed by atoms with Crippen LogP contribution in [0.2, 0.25) is 0 Å². The third-order valence-electron chi connectivity index (χ3n) is 4.25. The summed E-state index contributed by atoms with van der Waals surface area (Å²) in [6, 6.07) is 17.0. The first-order valence-corrected chi connectivity index (χ1v) is 7.98. The van der Waals surface area contributed by atoms with Crippen LogP contribution in [0.5, 0.6) is 0 Å². The van der Waals surface area contributed by atoms with Gasteiger partial charge in [0, 0.05) is 6.54 Å². The van der Waals surface area contributed by atoms with E-state index in [-0.39, 0.29) is 19.1 Å². The lowest BCUT2D eigenvalue weighted by molar-refractivity contribution is -0.119. The largest absolute Gasteiger partial charge is 0.445 e. The fourth-order valence-corrected chi connectivity index (χ4v) is 3.08. The predicted octanol–water partition coefficient (Wildman–Crippen LogP) is 2.80. The number of primary amides is 1. The van der Waals surface area contributed by atoms with Crippen molar-refractivity contribution in [3.8, 4) is 0 Å². The van der Waals surface area contributed by atoms with Crippen molar-refractivity contribution in [2.45, 2.75) is 25.5 Å². The number of hydrogen-bond donors (Lipinski definition) is 1. The summed E-state index contributed by atoms with van der Waals surface area (Å²) in [5.74, 6) is -0.433. The topological polar surface area (TPSA) is 72.6 Å². The van der Waals surface area contributed by atoms with E-state index in [1.54, 1.807) is 4.90 Å². The number of fused-ring (bicyclic) bond motifs is 1. The first-order valence-electron chi connectivity index (χ1n) is 7.98. The molecule has 3 rings (SSSR count). The number of carbonyl (C=O) groups is 2. The van der Waals surface area contributed by atoms with E-state index in [0.717, 1.165) is 23.1 Å². The number of nitrogens with zero attached hydrogens (tertiary/aromatic N) is 1. The van der Waals surface area contributed by atoms with Crippen LogP contribution in [0.4, 0.5) is 4.79 Å². The molecule has 2 N–H and O–H groups in total. The predicted molar refractivity (Wildman–Crippen MR) is 90.0 cm³/mol. The molecule has 1 aliphatic rings. The van der Waals surface area contributed by atoms with E-state index in [4.69, 9.17) is 10.5 Å². The lowest BCUT2D eigenvalue weighted by Crippen LogP contribution is -2.41. The molecular formula is C19H20N2O3. The normalized spacial score (nSPS) is 16.3. The molecule has 2 aromatic carbocycles. The van der Waals surface area contributed by atoms with Gasteiger partial charge in [0.25, 0.3) is 0 Å². The Kier molecular flexibility index (Phi) is 4.79. The smallest absolute Gasteiger partial charge is 0.410 e. The third kappa shape index (κ3) is 3.56. The van der Waals surface area contributed by atoms with Crippen LogP contribution < -0.4 is 5.73 Å². The molecule has 1 heterocycles. The lowest BCUT2D eigenvalue weighted by Gasteiger charge is -2.36. The standard InChI is InChI=1S/C19H20N2O3/c20-18(22)12-17-16-9-5-4-8-15(16)10-11-21(17)19(23)24-13-14-6-2-1-3-7-14/h1-9,17H,10-13H2,(H2,20,22). The molecule has 24 heavy (non-hydrogen) atoms. The van der Waals surface area contributed by atoms with Gasteiger partial charge in [0.05, 0.1) is 12.5 Å². The molecule has 1 atom stereocenters. The van der Waals surface area contributed by atoms with Crippen LogP contribution in [-0.2, 0) is 22.6 Å². The average Bonchev–Trinajstić information content (AvgIpc) is 2.60. The van der Waals surface area contributed by atoms with E-state index >= 15 is 0 Å². The zero-order valence-electron chi connectivity index (χ0n) is 13.4. The summed E-state index contributed by atoms with van der Waals surface area (Å²) in [5, 5.41) is 0. The van der Waals surface area contributed by atoms with Gasteiger partial charge in [0.2, 0.25) is 5.91 Å². The van der Waals surface area contributed by atoms with Gasteiger partial charge in [-0.05, 0) is 23.1 Å². The number of benzene rings is 2. The van der Waals surface area contributed by atoms with Gasteiger partial charge in [-0.25, -0.2) is 4.79 Å². The number of carbonyl (C=O) groups excluding carboxylic acids is 2. The van der Waals surface area contributed by atoms with Crippen molar-refractivity contribution in [3.63, 3.8) is 0 Å². The number of nitrogens with two attached hydrogens (primary N) is 1. The summed E-state index contributed by atoms with van der Waals surface area (Å²) in [4.78, 5) is 25.6. The summed E-state index contributed by atoms with van der Waals surface area (Å²) >= 11 is 0. The van der Waals surface area contributed by atoms with Crippen molar-refractivity contribution in [1.82, 2.24) is 4.90 Å². The average molecular weight is 324 g/mol. The Bertz CT molecular complexity index is 730. The quantitative estimate of drug-likeness (QED) is 0.940. The third-order valence-corrected chi connectivity index (χ3v) is 4.25. The molecule has 0 bridgehead atoms. The van der Waals surface area contributed by atoms with Gasteiger partial charge in [-0.3, -0.25) is 4.79 Å². The second kappa shape index (κ2) is 7.17. The minimum absolute atomic E-state index is 0.0947. The van der Waals surface area contributed by atoms with Crippen molar-refractivity contribution in [3.05, 3.63) is 71.3 Å². The lowest BCUT2D eigenvalue weighted by atomic mass is 9.91. The van der Waals surface area contributed by atoms with Crippen molar-refractivity contribution < 1.29 is 14.3 Å². The summed E-state index contributed by atoms with van der Waals surface area (Å²) < 4.78 is 5.43. The van der Waals surface area contributed by atoms with Gasteiger partial charge in [0.15, 0.2) is 0 Å². The van der Waals surface area contributed by atoms with Crippen LogP contribution in [0.3, 0.4) is 0 Å². The molecule has 0 radical (unpaired) electrons. The number of amides is 2. The first-order chi connectivity index (χ1) is 11.6. The van der Waals surface area contributed by atoms with Crippen LogP contribution >= 0.6 is 0 Å². The molecule has 0 fully saturated rings. The monoisotopic (exact) mass is 324 g/mol. The highest BCUT2D eigenvalue weighted by Gasteiger charge is 2.32. The molecule has 1 unspecified atom stereocenters. The van der Waals surface area contributed by atoms with E-state index < -0.39 is 12.0 Å². The molecule has 0 aliphatic carbocycles. The van der Waals surface area contributed by atoms with E-state index in [1.165, 1.54) is 0 Å². The van der Waals surface area contributed by atoms with Crippen LogP contribution in [-0.4, -0.2) is 23.4 Å². The Hall–Kier alpha value is -2.82. The molecular weight excluding hydrogens is 304 g/mol. The number of hydrogen-bond acceptors (Lipinski definition) is 3. The molecule has 0 saturated carbocycles. The number of rotatable bonds is 4. The molecule has 2 amide bonds. The molecule has 0 saturated heterocycles. The van der Waals surface area contributed by atoms with Gasteiger partial charge in [0.1, 0.15) is 6.61 Å². The highest BCUT2D eigenvalue weighted by molar-refractivity contribution is 5.76. The van der Waals surface area contributed by atoms with E-state index in [0.29, 0.717) is 6.54 Å². The van der Waals surface area contributed by atoms with E-state index in [1.807, 2.05) is 54.6 Å². The maximum Gasteiger partial charge on any atom is 0.410 e. The fourth-order valence-electron chi connectivity index (χ4n) is 3.08. The second-order valence-corrected chi connectivity index (χ2v) is 5.87. The summed E-state index contributed by atoms with van der Waals surface area (Å²) in [7, 11) is 0. The van der Waals surface area contributed by atoms with Crippen LogP contribution in [0.25, 0.3) is 0 Å².